The molecule has 0 atom stereocenters. The Balaban J connectivity index is 1.71. The molecule has 3 aromatic rings. The van der Waals surface area contributed by atoms with Gasteiger partial charge >= 0.3 is 12.0 Å². The van der Waals surface area contributed by atoms with Crippen LogP contribution in [0.1, 0.15) is 27.2 Å². The Morgan fingerprint density at radius 3 is 2.52 bits per heavy atom. The number of hydrogen-bond acceptors (Lipinski definition) is 6. The van der Waals surface area contributed by atoms with Gasteiger partial charge in [0.15, 0.2) is 0 Å². The Labute approximate surface area is 189 Å². The van der Waals surface area contributed by atoms with Gasteiger partial charge in [0.1, 0.15) is 17.1 Å². The zero-order valence-corrected chi connectivity index (χ0v) is 18.2. The predicted molar refractivity (Wildman–Crippen MR) is 120 cm³/mol. The van der Waals surface area contributed by atoms with E-state index in [1.54, 1.807) is 55.5 Å². The maximum Gasteiger partial charge on any atom is 0.338 e. The number of carbonyl (C=O) groups is 4. The lowest BCUT2D eigenvalue weighted by molar-refractivity contribution is -0.122. The first-order chi connectivity index (χ1) is 15.8. The van der Waals surface area contributed by atoms with E-state index in [1.165, 1.54) is 13.2 Å². The van der Waals surface area contributed by atoms with Crippen LogP contribution >= 0.6 is 0 Å². The van der Waals surface area contributed by atoms with E-state index in [0.717, 1.165) is 16.0 Å². The Hall–Kier alpha value is -4.46. The lowest BCUT2D eigenvalue weighted by atomic mass is 10.0. The third-order valence-electron chi connectivity index (χ3n) is 5.43. The van der Waals surface area contributed by atoms with Gasteiger partial charge in [0.25, 0.3) is 11.8 Å². The largest absolute Gasteiger partial charge is 0.465 e. The van der Waals surface area contributed by atoms with Gasteiger partial charge in [0.05, 0.1) is 18.4 Å². The van der Waals surface area contributed by atoms with Crippen LogP contribution in [0.3, 0.4) is 0 Å². The number of rotatable bonds is 4. The number of methoxy groups -OCH3 is 1. The van der Waals surface area contributed by atoms with Crippen LogP contribution in [-0.4, -0.2) is 30.9 Å². The average molecular weight is 444 g/mol. The molecule has 0 saturated carbocycles. The summed E-state index contributed by atoms with van der Waals surface area (Å²) in [5, 5.41) is 2.20. The molecule has 0 aliphatic carbocycles. The summed E-state index contributed by atoms with van der Waals surface area (Å²) in [7, 11) is 1.29. The SMILES string of the molecule is COC(=O)c1ccccc1-c1ccc(/C=C2\C(=O)NC(=O)N(c3cccc(C)c3C)C2=O)o1. The first-order valence-electron chi connectivity index (χ1n) is 10.1. The van der Waals surface area contributed by atoms with Crippen molar-refractivity contribution in [2.75, 3.05) is 12.0 Å². The number of nitrogens with one attached hydrogen (secondary N) is 1. The van der Waals surface area contributed by atoms with Crippen molar-refractivity contribution < 1.29 is 28.3 Å². The number of hydrogen-bond donors (Lipinski definition) is 1. The van der Waals surface area contributed by atoms with Gasteiger partial charge < -0.3 is 9.15 Å². The van der Waals surface area contributed by atoms with E-state index >= 15 is 0 Å². The smallest absolute Gasteiger partial charge is 0.338 e. The Morgan fingerprint density at radius 2 is 1.76 bits per heavy atom. The van der Waals surface area contributed by atoms with Gasteiger partial charge in [-0.1, -0.05) is 30.3 Å². The fourth-order valence-electron chi connectivity index (χ4n) is 3.56. The standard InChI is InChI=1S/C25H20N2O6/c1-14-7-6-10-20(15(14)2)27-23(29)19(22(28)26-25(27)31)13-16-11-12-21(33-16)17-8-4-5-9-18(17)24(30)32-3/h4-13H,1-3H3,(H,26,28,31)/b19-13+. The molecule has 166 valence electrons. The number of carbonyl (C=O) groups excluding carboxylic acids is 4. The zero-order valence-electron chi connectivity index (χ0n) is 18.2. The van der Waals surface area contributed by atoms with Crippen LogP contribution < -0.4 is 10.2 Å². The summed E-state index contributed by atoms with van der Waals surface area (Å²) in [5.74, 6) is -1.54. The molecule has 0 spiro atoms. The lowest BCUT2D eigenvalue weighted by Gasteiger charge is -2.27. The number of barbiturate groups is 1. The molecule has 1 fully saturated rings. The van der Waals surface area contributed by atoms with Crippen molar-refractivity contribution in [3.63, 3.8) is 0 Å². The second-order valence-electron chi connectivity index (χ2n) is 7.42. The molecule has 1 aliphatic heterocycles. The van der Waals surface area contributed by atoms with E-state index in [2.05, 4.69) is 5.32 Å². The van der Waals surface area contributed by atoms with Crippen molar-refractivity contribution in [3.05, 3.63) is 82.6 Å². The minimum absolute atomic E-state index is 0.207. The molecule has 4 amide bonds. The van der Waals surface area contributed by atoms with Crippen molar-refractivity contribution in [1.82, 2.24) is 5.32 Å². The highest BCUT2D eigenvalue weighted by Gasteiger charge is 2.37. The number of aryl methyl sites for hydroxylation is 1. The molecule has 0 radical (unpaired) electrons. The minimum Gasteiger partial charge on any atom is -0.465 e. The second-order valence-corrected chi connectivity index (χ2v) is 7.42. The molecule has 1 N–H and O–H groups in total. The molecule has 8 heteroatoms. The van der Waals surface area contributed by atoms with Crippen LogP contribution in [0.25, 0.3) is 17.4 Å². The van der Waals surface area contributed by atoms with Gasteiger partial charge in [0, 0.05) is 5.56 Å². The molecule has 1 aromatic heterocycles. The molecule has 8 nitrogen and oxygen atoms in total. The molecular formula is C25H20N2O6. The number of ether oxygens (including phenoxy) is 1. The molecule has 0 bridgehead atoms. The summed E-state index contributed by atoms with van der Waals surface area (Å²) in [6.07, 6.45) is 1.27. The van der Waals surface area contributed by atoms with Crippen molar-refractivity contribution in [2.45, 2.75) is 13.8 Å². The van der Waals surface area contributed by atoms with Crippen LogP contribution in [0.2, 0.25) is 0 Å². The monoisotopic (exact) mass is 444 g/mol. The number of esters is 1. The van der Waals surface area contributed by atoms with Crippen LogP contribution in [0.4, 0.5) is 10.5 Å². The summed E-state index contributed by atoms with van der Waals surface area (Å²) >= 11 is 0. The van der Waals surface area contributed by atoms with Crippen LogP contribution in [-0.2, 0) is 14.3 Å². The van der Waals surface area contributed by atoms with E-state index in [4.69, 9.17) is 9.15 Å². The van der Waals surface area contributed by atoms with E-state index in [9.17, 15) is 19.2 Å². The normalized spacial score (nSPS) is 15.1. The quantitative estimate of drug-likeness (QED) is 0.370. The van der Waals surface area contributed by atoms with Crippen LogP contribution in [0.15, 0.2) is 64.6 Å². The summed E-state index contributed by atoms with van der Waals surface area (Å²) in [5.41, 5.74) is 2.60. The third-order valence-corrected chi connectivity index (χ3v) is 5.43. The lowest BCUT2D eigenvalue weighted by Crippen LogP contribution is -2.54. The third kappa shape index (κ3) is 3.94. The van der Waals surface area contributed by atoms with E-state index in [-0.39, 0.29) is 11.3 Å². The Bertz CT molecular complexity index is 1330. The number of furan rings is 1. The second kappa shape index (κ2) is 8.58. The molecule has 1 saturated heterocycles. The summed E-state index contributed by atoms with van der Waals surface area (Å²) < 4.78 is 10.6. The minimum atomic E-state index is -0.820. The molecule has 2 aromatic carbocycles. The number of imide groups is 2. The predicted octanol–water partition coefficient (Wildman–Crippen LogP) is 4.02. The topological polar surface area (TPSA) is 106 Å². The van der Waals surface area contributed by atoms with Gasteiger partial charge in [-0.2, -0.15) is 0 Å². The van der Waals surface area contributed by atoms with Gasteiger partial charge in [-0.3, -0.25) is 14.9 Å². The van der Waals surface area contributed by atoms with Gasteiger partial charge in [-0.05, 0) is 55.3 Å². The van der Waals surface area contributed by atoms with Crippen LogP contribution in [0.5, 0.6) is 0 Å². The molecule has 0 unspecified atom stereocenters. The molecule has 4 rings (SSSR count). The summed E-state index contributed by atoms with van der Waals surface area (Å²) in [6, 6.07) is 14.3. The van der Waals surface area contributed by atoms with Crippen molar-refractivity contribution >= 4 is 35.6 Å². The highest BCUT2D eigenvalue weighted by molar-refractivity contribution is 6.39. The number of anilines is 1. The first-order valence-corrected chi connectivity index (χ1v) is 10.1. The highest BCUT2D eigenvalue weighted by atomic mass is 16.5. The molecule has 33 heavy (non-hydrogen) atoms. The van der Waals surface area contributed by atoms with Crippen molar-refractivity contribution in [2.24, 2.45) is 0 Å². The van der Waals surface area contributed by atoms with E-state index in [0.29, 0.717) is 22.6 Å². The van der Waals surface area contributed by atoms with Crippen molar-refractivity contribution in [1.29, 1.82) is 0 Å². The summed E-state index contributed by atoms with van der Waals surface area (Å²) in [6.45, 7) is 3.66. The summed E-state index contributed by atoms with van der Waals surface area (Å²) in [4.78, 5) is 51.1. The number of amides is 4. The molecule has 1 aliphatic rings. The fourth-order valence-corrected chi connectivity index (χ4v) is 3.56. The first kappa shape index (κ1) is 21.8. The van der Waals surface area contributed by atoms with Gasteiger partial charge in [0.2, 0.25) is 0 Å². The maximum absolute atomic E-state index is 13.1. The van der Waals surface area contributed by atoms with E-state index < -0.39 is 23.8 Å². The van der Waals surface area contributed by atoms with Gasteiger partial charge in [-0.25, -0.2) is 14.5 Å². The number of benzene rings is 2. The van der Waals surface area contributed by atoms with E-state index in [1.807, 2.05) is 13.0 Å². The van der Waals surface area contributed by atoms with Crippen molar-refractivity contribution in [3.8, 4) is 11.3 Å². The van der Waals surface area contributed by atoms with Crippen LogP contribution in [0, 0.1) is 13.8 Å². The highest BCUT2D eigenvalue weighted by Crippen LogP contribution is 2.29. The maximum atomic E-state index is 13.1. The average Bonchev–Trinajstić information content (AvgIpc) is 3.27. The molecular weight excluding hydrogens is 424 g/mol. The Morgan fingerprint density at radius 1 is 1.00 bits per heavy atom. The number of urea groups is 1. The molecule has 2 heterocycles. The Kier molecular flexibility index (Phi) is 5.66. The fraction of sp³-hybridized carbons (Fsp3) is 0.120. The zero-order chi connectivity index (χ0) is 23.7. The van der Waals surface area contributed by atoms with Gasteiger partial charge in [-0.15, -0.1) is 0 Å². The number of nitrogens with zero attached hydrogens (tertiary/aromatic N) is 1.